The fraction of sp³-hybridized carbons (Fsp3) is 0.867. The van der Waals surface area contributed by atoms with Crippen molar-refractivity contribution >= 4 is 22.6 Å². The second-order valence-electron chi connectivity index (χ2n) is 5.00. The monoisotopic (exact) mass is 385 g/mol. The summed E-state index contributed by atoms with van der Waals surface area (Å²) >= 11 is 2.17. The van der Waals surface area contributed by atoms with Gasteiger partial charge in [0.2, 0.25) is 0 Å². The molecule has 0 aliphatic carbocycles. The maximum atomic E-state index is 3.32. The molecule has 0 rings (SSSR count). The fourth-order valence-electron chi connectivity index (χ4n) is 2.25. The molecule has 0 aliphatic rings. The van der Waals surface area contributed by atoms with Crippen LogP contribution in [-0.2, 0) is 0 Å². The van der Waals surface area contributed by atoms with Crippen LogP contribution in [0.4, 0.5) is 0 Å². The molecule has 0 spiro atoms. The van der Waals surface area contributed by atoms with Crippen molar-refractivity contribution in [3.05, 3.63) is 0 Å². The maximum absolute atomic E-state index is 3.32. The Bertz CT molecular complexity index is 211. The van der Waals surface area contributed by atoms with Crippen LogP contribution >= 0.6 is 22.6 Å². The van der Waals surface area contributed by atoms with Gasteiger partial charge in [0.15, 0.2) is 0 Å². The number of quaternary nitrogens is 1. The summed E-state index contributed by atoms with van der Waals surface area (Å²) in [5, 5.41) is 0. The van der Waals surface area contributed by atoms with Gasteiger partial charge in [0.25, 0.3) is 0 Å². The van der Waals surface area contributed by atoms with Crippen LogP contribution in [-0.4, -0.2) is 30.7 Å². The molecule has 0 aromatic rings. The molecule has 0 N–H and O–H groups in total. The van der Waals surface area contributed by atoms with Crippen molar-refractivity contribution in [2.45, 2.75) is 59.3 Å². The molecule has 3 heteroatoms. The number of unbranched alkanes of at least 4 members (excludes halogenated alkanes) is 3. The van der Waals surface area contributed by atoms with E-state index in [0.717, 1.165) is 6.54 Å². The largest absolute Gasteiger partial charge is 1.00 e. The molecule has 0 bridgehead atoms. The molecule has 0 amide bonds. The van der Waals surface area contributed by atoms with Crippen molar-refractivity contribution in [1.82, 2.24) is 0 Å². The van der Waals surface area contributed by atoms with Crippen molar-refractivity contribution < 1.29 is 16.9 Å². The first-order valence-corrected chi connectivity index (χ1v) is 8.26. The minimum absolute atomic E-state index is 0. The SMILES string of the molecule is CCCC[N+](CC#CI)(CCCC)CCCC.[Cl-]. The Morgan fingerprint density at radius 3 is 1.50 bits per heavy atom. The molecule has 0 aromatic carbocycles. The summed E-state index contributed by atoms with van der Waals surface area (Å²) < 4.78 is 4.30. The van der Waals surface area contributed by atoms with E-state index in [1.54, 1.807) is 0 Å². The Morgan fingerprint density at radius 2 is 1.22 bits per heavy atom. The molecule has 0 fully saturated rings. The standard InChI is InChI=1S/C15H29IN.ClH/c1-4-7-12-17(13-8-5-2,14-9-6-3)15-10-11-16;/h4-9,12-15H2,1-3H3;1H/q+1;/p-1. The molecular weight excluding hydrogens is 357 g/mol. The Labute approximate surface area is 134 Å². The molecule has 0 atom stereocenters. The van der Waals surface area contributed by atoms with Gasteiger partial charge in [0.1, 0.15) is 6.54 Å². The smallest absolute Gasteiger partial charge is 0.141 e. The molecule has 0 radical (unpaired) electrons. The summed E-state index contributed by atoms with van der Waals surface area (Å²) in [6.07, 6.45) is 7.94. The summed E-state index contributed by atoms with van der Waals surface area (Å²) in [7, 11) is 0. The van der Waals surface area contributed by atoms with Crippen LogP contribution in [0.25, 0.3) is 0 Å². The van der Waals surface area contributed by atoms with Gasteiger partial charge < -0.3 is 16.9 Å². The van der Waals surface area contributed by atoms with Gasteiger partial charge in [-0.3, -0.25) is 0 Å². The van der Waals surface area contributed by atoms with E-state index in [-0.39, 0.29) is 12.4 Å². The topological polar surface area (TPSA) is 0 Å². The summed E-state index contributed by atoms with van der Waals surface area (Å²) in [5.41, 5.74) is 0. The van der Waals surface area contributed by atoms with Crippen LogP contribution in [0.1, 0.15) is 59.3 Å². The number of nitrogens with zero attached hydrogens (tertiary/aromatic N) is 1. The van der Waals surface area contributed by atoms with Crippen LogP contribution in [0.15, 0.2) is 0 Å². The van der Waals surface area contributed by atoms with E-state index >= 15 is 0 Å². The summed E-state index contributed by atoms with van der Waals surface area (Å²) in [6, 6.07) is 0. The lowest BCUT2D eigenvalue weighted by molar-refractivity contribution is -0.922. The molecule has 1 nitrogen and oxygen atoms in total. The average molecular weight is 386 g/mol. The van der Waals surface area contributed by atoms with Crippen LogP contribution in [0.3, 0.4) is 0 Å². The summed E-state index contributed by atoms with van der Waals surface area (Å²) in [5.74, 6) is 3.32. The first kappa shape index (κ1) is 20.8. The Hall–Kier alpha value is 0.540. The number of hydrogen-bond acceptors (Lipinski definition) is 0. The van der Waals surface area contributed by atoms with E-state index in [1.165, 1.54) is 62.6 Å². The van der Waals surface area contributed by atoms with E-state index in [0.29, 0.717) is 0 Å². The molecule has 0 unspecified atom stereocenters. The Balaban J connectivity index is 0. The molecular formula is C15H29ClIN. The Kier molecular flexibility index (Phi) is 16.2. The first-order chi connectivity index (χ1) is 8.24. The van der Waals surface area contributed by atoms with Crippen LogP contribution in [0.5, 0.6) is 0 Å². The number of rotatable bonds is 10. The van der Waals surface area contributed by atoms with Gasteiger partial charge in [-0.25, -0.2) is 0 Å². The van der Waals surface area contributed by atoms with Crippen LogP contribution in [0.2, 0.25) is 0 Å². The van der Waals surface area contributed by atoms with Gasteiger partial charge in [-0.15, -0.1) is 0 Å². The van der Waals surface area contributed by atoms with E-state index in [1.807, 2.05) is 0 Å². The third-order valence-corrected chi connectivity index (χ3v) is 3.82. The predicted molar refractivity (Wildman–Crippen MR) is 86.2 cm³/mol. The molecule has 0 aromatic heterocycles. The van der Waals surface area contributed by atoms with E-state index in [9.17, 15) is 0 Å². The van der Waals surface area contributed by atoms with Gasteiger partial charge in [0.05, 0.1) is 19.6 Å². The van der Waals surface area contributed by atoms with E-state index < -0.39 is 0 Å². The first-order valence-electron chi connectivity index (χ1n) is 7.18. The Morgan fingerprint density at radius 1 is 0.833 bits per heavy atom. The second-order valence-corrected chi connectivity index (χ2v) is 5.54. The highest BCUT2D eigenvalue weighted by Gasteiger charge is 2.24. The van der Waals surface area contributed by atoms with E-state index in [2.05, 4.69) is 53.2 Å². The zero-order chi connectivity index (χ0) is 13.0. The third-order valence-electron chi connectivity index (χ3n) is 3.44. The normalized spacial score (nSPS) is 10.4. The maximum Gasteiger partial charge on any atom is 0.141 e. The van der Waals surface area contributed by atoms with E-state index in [4.69, 9.17) is 0 Å². The van der Waals surface area contributed by atoms with Crippen molar-refractivity contribution in [2.75, 3.05) is 26.2 Å². The highest BCUT2D eigenvalue weighted by atomic mass is 127. The van der Waals surface area contributed by atoms with Crippen molar-refractivity contribution in [3.63, 3.8) is 0 Å². The molecule has 0 heterocycles. The van der Waals surface area contributed by atoms with Gasteiger partial charge in [-0.1, -0.05) is 40.0 Å². The molecule has 18 heavy (non-hydrogen) atoms. The average Bonchev–Trinajstić information content (AvgIpc) is 2.37. The zero-order valence-electron chi connectivity index (χ0n) is 12.3. The second kappa shape index (κ2) is 14.0. The van der Waals surface area contributed by atoms with Gasteiger partial charge >= 0.3 is 0 Å². The molecule has 0 saturated carbocycles. The number of hydrogen-bond donors (Lipinski definition) is 0. The summed E-state index contributed by atoms with van der Waals surface area (Å²) in [4.78, 5) is 0. The van der Waals surface area contributed by atoms with Crippen molar-refractivity contribution in [2.24, 2.45) is 0 Å². The zero-order valence-corrected chi connectivity index (χ0v) is 15.2. The van der Waals surface area contributed by atoms with Crippen LogP contribution in [0, 0.1) is 9.85 Å². The fourth-order valence-corrected chi connectivity index (χ4v) is 2.42. The predicted octanol–water partition coefficient (Wildman–Crippen LogP) is 1.60. The lowest BCUT2D eigenvalue weighted by Crippen LogP contribution is -3.00. The summed E-state index contributed by atoms with van der Waals surface area (Å²) in [6.45, 7) is 11.9. The van der Waals surface area contributed by atoms with Crippen molar-refractivity contribution in [3.8, 4) is 9.85 Å². The minimum Gasteiger partial charge on any atom is -1.00 e. The minimum atomic E-state index is 0. The molecule has 0 aliphatic heterocycles. The highest BCUT2D eigenvalue weighted by molar-refractivity contribution is 14.1. The highest BCUT2D eigenvalue weighted by Crippen LogP contribution is 2.14. The third kappa shape index (κ3) is 9.47. The van der Waals surface area contributed by atoms with Crippen molar-refractivity contribution in [1.29, 1.82) is 0 Å². The van der Waals surface area contributed by atoms with Gasteiger partial charge in [-0.2, -0.15) is 0 Å². The lowest BCUT2D eigenvalue weighted by atomic mass is 10.1. The van der Waals surface area contributed by atoms with Gasteiger partial charge in [-0.05, 0) is 29.1 Å². The molecule has 108 valence electrons. The molecule has 0 saturated heterocycles. The number of halogens is 2. The lowest BCUT2D eigenvalue weighted by Gasteiger charge is -2.37. The quantitative estimate of drug-likeness (QED) is 0.304. The van der Waals surface area contributed by atoms with Gasteiger partial charge in [0, 0.05) is 22.6 Å². The van der Waals surface area contributed by atoms with Crippen LogP contribution < -0.4 is 12.4 Å².